The lowest BCUT2D eigenvalue weighted by Gasteiger charge is -2.44. The molecule has 3 N–H and O–H groups in total. The molecule has 1 saturated carbocycles. The van der Waals surface area contributed by atoms with Crippen LogP contribution in [0.25, 0.3) is 0 Å². The minimum Gasteiger partial charge on any atom is -0.493 e. The largest absolute Gasteiger partial charge is 0.493 e. The number of rotatable bonds is 3. The molecule has 0 aromatic heterocycles. The van der Waals surface area contributed by atoms with Crippen molar-refractivity contribution in [1.82, 2.24) is 10.2 Å². The van der Waals surface area contributed by atoms with Crippen LogP contribution in [-0.4, -0.2) is 42.6 Å². The number of para-hydroxylation sites is 1. The SMILES string of the molecule is NC(=NC1CCOc2ccccc21)NC1CC(N2CCCCC2)C1. The van der Waals surface area contributed by atoms with E-state index in [1.807, 2.05) is 18.2 Å². The van der Waals surface area contributed by atoms with Crippen LogP contribution in [-0.2, 0) is 0 Å². The number of nitrogens with one attached hydrogen (secondary N) is 1. The number of nitrogens with zero attached hydrogens (tertiary/aromatic N) is 2. The van der Waals surface area contributed by atoms with Crippen molar-refractivity contribution in [1.29, 1.82) is 0 Å². The normalized spacial score (nSPS) is 30.8. The summed E-state index contributed by atoms with van der Waals surface area (Å²) in [4.78, 5) is 7.38. The van der Waals surface area contributed by atoms with Crippen LogP contribution in [0.3, 0.4) is 0 Å². The Morgan fingerprint density at radius 1 is 1.17 bits per heavy atom. The Morgan fingerprint density at radius 2 is 1.96 bits per heavy atom. The Hall–Kier alpha value is -1.75. The first-order valence-electron chi connectivity index (χ1n) is 9.35. The summed E-state index contributed by atoms with van der Waals surface area (Å²) >= 11 is 0. The fourth-order valence-corrected chi connectivity index (χ4v) is 4.16. The second kappa shape index (κ2) is 7.01. The van der Waals surface area contributed by atoms with E-state index in [0.29, 0.717) is 18.6 Å². The smallest absolute Gasteiger partial charge is 0.189 e. The van der Waals surface area contributed by atoms with Gasteiger partial charge in [-0.25, -0.2) is 4.99 Å². The lowest BCUT2D eigenvalue weighted by molar-refractivity contribution is 0.0846. The Labute approximate surface area is 144 Å². The van der Waals surface area contributed by atoms with Gasteiger partial charge in [-0.3, -0.25) is 0 Å². The third-order valence-electron chi connectivity index (χ3n) is 5.59. The molecule has 4 rings (SSSR count). The van der Waals surface area contributed by atoms with Gasteiger partial charge in [-0.1, -0.05) is 24.6 Å². The Kier molecular flexibility index (Phi) is 4.60. The second-order valence-electron chi connectivity index (χ2n) is 7.27. The van der Waals surface area contributed by atoms with E-state index >= 15 is 0 Å². The second-order valence-corrected chi connectivity index (χ2v) is 7.27. The maximum absolute atomic E-state index is 6.18. The van der Waals surface area contributed by atoms with Gasteiger partial charge >= 0.3 is 0 Å². The van der Waals surface area contributed by atoms with Gasteiger partial charge in [0.1, 0.15) is 5.75 Å². The van der Waals surface area contributed by atoms with Gasteiger partial charge in [-0.15, -0.1) is 0 Å². The number of likely N-dealkylation sites (tertiary alicyclic amines) is 1. The molecule has 0 spiro atoms. The average molecular weight is 328 g/mol. The fourth-order valence-electron chi connectivity index (χ4n) is 4.16. The summed E-state index contributed by atoms with van der Waals surface area (Å²) < 4.78 is 5.69. The first-order chi connectivity index (χ1) is 11.8. The molecular formula is C19H28N4O. The van der Waals surface area contributed by atoms with Gasteiger partial charge < -0.3 is 20.7 Å². The minimum absolute atomic E-state index is 0.111. The van der Waals surface area contributed by atoms with Crippen LogP contribution >= 0.6 is 0 Å². The van der Waals surface area contributed by atoms with Crippen molar-refractivity contribution in [2.75, 3.05) is 19.7 Å². The third-order valence-corrected chi connectivity index (χ3v) is 5.59. The molecule has 2 aliphatic heterocycles. The number of nitrogens with two attached hydrogens (primary N) is 1. The van der Waals surface area contributed by atoms with Crippen molar-refractivity contribution in [3.8, 4) is 5.75 Å². The fraction of sp³-hybridized carbons (Fsp3) is 0.632. The summed E-state index contributed by atoms with van der Waals surface area (Å²) in [5, 5.41) is 3.42. The average Bonchev–Trinajstić information content (AvgIpc) is 2.59. The van der Waals surface area contributed by atoms with Crippen molar-refractivity contribution >= 4 is 5.96 Å². The van der Waals surface area contributed by atoms with Gasteiger partial charge in [-0.2, -0.15) is 0 Å². The van der Waals surface area contributed by atoms with Gasteiger partial charge in [-0.05, 0) is 44.8 Å². The number of piperidine rings is 1. The molecule has 1 unspecified atom stereocenters. The first kappa shape index (κ1) is 15.8. The first-order valence-corrected chi connectivity index (χ1v) is 9.35. The molecule has 0 bridgehead atoms. The number of hydrogen-bond donors (Lipinski definition) is 2. The van der Waals surface area contributed by atoms with E-state index in [9.17, 15) is 0 Å². The molecule has 3 aliphatic rings. The number of fused-ring (bicyclic) bond motifs is 1. The Balaban J connectivity index is 1.31. The summed E-state index contributed by atoms with van der Waals surface area (Å²) in [5.41, 5.74) is 7.33. The van der Waals surface area contributed by atoms with Crippen molar-refractivity contribution in [3.63, 3.8) is 0 Å². The molecule has 5 heteroatoms. The lowest BCUT2D eigenvalue weighted by atomic mass is 9.84. The molecule has 2 fully saturated rings. The summed E-state index contributed by atoms with van der Waals surface area (Å²) in [6.07, 6.45) is 7.40. The van der Waals surface area contributed by atoms with Gasteiger partial charge in [0.05, 0.1) is 12.6 Å². The van der Waals surface area contributed by atoms with Crippen LogP contribution in [0.2, 0.25) is 0 Å². The van der Waals surface area contributed by atoms with Crippen LogP contribution in [0.15, 0.2) is 29.3 Å². The summed E-state index contributed by atoms with van der Waals surface area (Å²) in [6.45, 7) is 3.26. The van der Waals surface area contributed by atoms with Crippen LogP contribution in [0, 0.1) is 0 Å². The molecule has 130 valence electrons. The third kappa shape index (κ3) is 3.36. The molecule has 1 saturated heterocycles. The molecule has 1 atom stereocenters. The quantitative estimate of drug-likeness (QED) is 0.661. The monoisotopic (exact) mass is 328 g/mol. The number of guanidine groups is 1. The van der Waals surface area contributed by atoms with E-state index in [2.05, 4.69) is 16.3 Å². The minimum atomic E-state index is 0.111. The zero-order valence-corrected chi connectivity index (χ0v) is 14.3. The maximum atomic E-state index is 6.18. The van der Waals surface area contributed by atoms with Crippen molar-refractivity contribution < 1.29 is 4.74 Å². The van der Waals surface area contributed by atoms with Crippen LogP contribution < -0.4 is 15.8 Å². The van der Waals surface area contributed by atoms with E-state index in [1.54, 1.807) is 0 Å². The van der Waals surface area contributed by atoms with Crippen LogP contribution in [0.1, 0.15) is 50.1 Å². The molecule has 2 heterocycles. The number of aliphatic imine (C=N–C) groups is 1. The van der Waals surface area contributed by atoms with E-state index in [4.69, 9.17) is 15.5 Å². The van der Waals surface area contributed by atoms with Gasteiger partial charge in [0.25, 0.3) is 0 Å². The van der Waals surface area contributed by atoms with Gasteiger partial charge in [0, 0.05) is 24.1 Å². The molecule has 5 nitrogen and oxygen atoms in total. The maximum Gasteiger partial charge on any atom is 0.189 e. The van der Waals surface area contributed by atoms with Crippen molar-refractivity contribution in [3.05, 3.63) is 29.8 Å². The summed E-state index contributed by atoms with van der Waals surface area (Å²) in [7, 11) is 0. The molecule has 0 amide bonds. The molecule has 1 aliphatic carbocycles. The van der Waals surface area contributed by atoms with E-state index in [1.165, 1.54) is 45.2 Å². The zero-order chi connectivity index (χ0) is 16.4. The number of ether oxygens (including phenoxy) is 1. The molecular weight excluding hydrogens is 300 g/mol. The standard InChI is InChI=1S/C19H28N4O/c20-19(21-14-12-15(13-14)23-9-4-1-5-10-23)22-17-8-11-24-18-7-3-2-6-16(17)18/h2-3,6-7,14-15,17H,1,4-5,8-13H2,(H3,20,21,22). The van der Waals surface area contributed by atoms with Gasteiger partial charge in [0.2, 0.25) is 0 Å². The highest BCUT2D eigenvalue weighted by Crippen LogP contribution is 2.34. The summed E-state index contributed by atoms with van der Waals surface area (Å²) in [6, 6.07) is 9.48. The molecule has 24 heavy (non-hydrogen) atoms. The van der Waals surface area contributed by atoms with Crippen molar-refractivity contribution in [2.24, 2.45) is 10.7 Å². The highest BCUT2D eigenvalue weighted by Gasteiger charge is 2.34. The Morgan fingerprint density at radius 3 is 2.79 bits per heavy atom. The predicted molar refractivity (Wildman–Crippen MR) is 96.3 cm³/mol. The number of benzene rings is 1. The predicted octanol–water partition coefficient (Wildman–Crippen LogP) is 2.43. The highest BCUT2D eigenvalue weighted by molar-refractivity contribution is 5.78. The van der Waals surface area contributed by atoms with Crippen LogP contribution in [0.4, 0.5) is 0 Å². The topological polar surface area (TPSA) is 62.9 Å². The van der Waals surface area contributed by atoms with Crippen molar-refractivity contribution in [2.45, 2.75) is 56.7 Å². The number of hydrogen-bond acceptors (Lipinski definition) is 3. The zero-order valence-electron chi connectivity index (χ0n) is 14.3. The molecule has 1 aromatic rings. The lowest BCUT2D eigenvalue weighted by Crippen LogP contribution is -2.56. The van der Waals surface area contributed by atoms with E-state index in [-0.39, 0.29) is 6.04 Å². The van der Waals surface area contributed by atoms with E-state index < -0.39 is 0 Å². The molecule has 0 radical (unpaired) electrons. The Bertz CT molecular complexity index is 591. The highest BCUT2D eigenvalue weighted by atomic mass is 16.5. The van der Waals surface area contributed by atoms with Crippen LogP contribution in [0.5, 0.6) is 5.75 Å². The van der Waals surface area contributed by atoms with E-state index in [0.717, 1.165) is 23.8 Å². The summed E-state index contributed by atoms with van der Waals surface area (Å²) in [5.74, 6) is 1.53. The molecule has 1 aromatic carbocycles. The van der Waals surface area contributed by atoms with Gasteiger partial charge in [0.15, 0.2) is 5.96 Å².